The van der Waals surface area contributed by atoms with Gasteiger partial charge in [-0.15, -0.1) is 0 Å². The van der Waals surface area contributed by atoms with Gasteiger partial charge in [-0.1, -0.05) is 85.6 Å². The summed E-state index contributed by atoms with van der Waals surface area (Å²) in [6.07, 6.45) is 1.08. The van der Waals surface area contributed by atoms with Crippen LogP contribution in [0.1, 0.15) is 37.8 Å². The highest BCUT2D eigenvalue weighted by atomic mass is 35.5. The van der Waals surface area contributed by atoms with Crippen LogP contribution in [0.3, 0.4) is 0 Å². The van der Waals surface area contributed by atoms with Crippen molar-refractivity contribution in [3.8, 4) is 0 Å². The van der Waals surface area contributed by atoms with Gasteiger partial charge in [-0.3, -0.25) is 13.9 Å². The first kappa shape index (κ1) is 30.5. The van der Waals surface area contributed by atoms with Crippen molar-refractivity contribution in [1.82, 2.24) is 10.2 Å². The molecule has 3 aromatic carbocycles. The van der Waals surface area contributed by atoms with Crippen molar-refractivity contribution in [2.24, 2.45) is 0 Å². The number of sulfonamides is 1. The third-order valence-electron chi connectivity index (χ3n) is 6.35. The van der Waals surface area contributed by atoms with Gasteiger partial charge in [-0.2, -0.15) is 0 Å². The predicted molar refractivity (Wildman–Crippen MR) is 157 cm³/mol. The lowest BCUT2D eigenvalue weighted by Crippen LogP contribution is -2.52. The van der Waals surface area contributed by atoms with E-state index in [9.17, 15) is 18.0 Å². The Balaban J connectivity index is 2.09. The average Bonchev–Trinajstić information content (AvgIpc) is 2.93. The van der Waals surface area contributed by atoms with Crippen LogP contribution in [0, 0.1) is 6.92 Å². The Hall–Kier alpha value is -3.07. The summed E-state index contributed by atoms with van der Waals surface area (Å²) in [5.74, 6) is -0.841. The normalized spacial score (nSPS) is 12.0. The molecule has 39 heavy (non-hydrogen) atoms. The average molecular weight is 591 g/mol. The fourth-order valence-corrected chi connectivity index (χ4v) is 6.07. The number of anilines is 1. The number of rotatable bonds is 12. The lowest BCUT2D eigenvalue weighted by Gasteiger charge is -2.33. The molecule has 0 aliphatic heterocycles. The van der Waals surface area contributed by atoms with E-state index in [0.717, 1.165) is 21.9 Å². The Morgan fingerprint density at radius 1 is 0.923 bits per heavy atom. The summed E-state index contributed by atoms with van der Waals surface area (Å²) in [5.41, 5.74) is 1.87. The topological polar surface area (TPSA) is 86.8 Å². The molecule has 0 spiro atoms. The molecular formula is C29H33Cl2N3O4S. The van der Waals surface area contributed by atoms with E-state index in [1.807, 2.05) is 45.0 Å². The van der Waals surface area contributed by atoms with Crippen molar-refractivity contribution >= 4 is 50.7 Å². The minimum atomic E-state index is -4.23. The SMILES string of the molecule is CCCNC(=O)[C@H](CC)N(Cc1ccccc1C)C(=O)CN(c1cccc(Cl)c1Cl)S(=O)(=O)c1ccccc1. The minimum absolute atomic E-state index is 0.00431. The third kappa shape index (κ3) is 7.32. The lowest BCUT2D eigenvalue weighted by atomic mass is 10.1. The van der Waals surface area contributed by atoms with Crippen molar-refractivity contribution in [2.45, 2.75) is 51.1 Å². The zero-order valence-electron chi connectivity index (χ0n) is 22.2. The Morgan fingerprint density at radius 3 is 2.23 bits per heavy atom. The van der Waals surface area contributed by atoms with E-state index >= 15 is 0 Å². The Bertz CT molecular complexity index is 1400. The van der Waals surface area contributed by atoms with Crippen molar-refractivity contribution in [3.05, 3.63) is 94.0 Å². The number of halogens is 2. The number of benzene rings is 3. The van der Waals surface area contributed by atoms with Gasteiger partial charge in [0.05, 0.1) is 20.6 Å². The molecule has 2 amide bonds. The van der Waals surface area contributed by atoms with Gasteiger partial charge in [0, 0.05) is 13.1 Å². The lowest BCUT2D eigenvalue weighted by molar-refractivity contribution is -0.140. The summed E-state index contributed by atoms with van der Waals surface area (Å²) >= 11 is 12.7. The van der Waals surface area contributed by atoms with E-state index < -0.39 is 28.5 Å². The first-order valence-electron chi connectivity index (χ1n) is 12.7. The van der Waals surface area contributed by atoms with Gasteiger partial charge in [0.1, 0.15) is 12.6 Å². The summed E-state index contributed by atoms with van der Waals surface area (Å²) < 4.78 is 28.7. The number of hydrogen-bond donors (Lipinski definition) is 1. The van der Waals surface area contributed by atoms with Crippen molar-refractivity contribution in [2.75, 3.05) is 17.4 Å². The molecule has 208 valence electrons. The molecule has 0 fully saturated rings. The van der Waals surface area contributed by atoms with Crippen LogP contribution in [0.15, 0.2) is 77.7 Å². The Kier molecular flexibility index (Phi) is 10.8. The van der Waals surface area contributed by atoms with Crippen molar-refractivity contribution < 1.29 is 18.0 Å². The standard InChI is InChI=1S/C29H33Cl2N3O4S/c1-4-18-32-29(36)25(5-2)33(19-22-13-10-9-12-21(22)3)27(35)20-34(26-17-11-16-24(30)28(26)31)39(37,38)23-14-7-6-8-15-23/h6-17,25H,4-5,18-20H2,1-3H3,(H,32,36)/t25-/m0/s1. The quantitative estimate of drug-likeness (QED) is 0.288. The highest BCUT2D eigenvalue weighted by Gasteiger charge is 2.34. The monoisotopic (exact) mass is 589 g/mol. The number of nitrogens with zero attached hydrogens (tertiary/aromatic N) is 2. The molecule has 1 N–H and O–H groups in total. The summed E-state index contributed by atoms with van der Waals surface area (Å²) in [5, 5.41) is 3.03. The molecule has 3 aromatic rings. The van der Waals surface area contributed by atoms with Crippen LogP contribution in [0.2, 0.25) is 10.0 Å². The van der Waals surface area contributed by atoms with Gasteiger partial charge in [0.25, 0.3) is 10.0 Å². The maximum atomic E-state index is 14.1. The molecule has 0 unspecified atom stereocenters. The van der Waals surface area contributed by atoms with Gasteiger partial charge in [0.15, 0.2) is 0 Å². The van der Waals surface area contributed by atoms with E-state index in [0.29, 0.717) is 13.0 Å². The largest absolute Gasteiger partial charge is 0.354 e. The van der Waals surface area contributed by atoms with Gasteiger partial charge in [-0.05, 0) is 55.2 Å². The first-order valence-corrected chi connectivity index (χ1v) is 14.9. The second-order valence-corrected chi connectivity index (χ2v) is 11.7. The third-order valence-corrected chi connectivity index (χ3v) is 8.93. The zero-order valence-corrected chi connectivity index (χ0v) is 24.6. The molecule has 7 nitrogen and oxygen atoms in total. The number of carbonyl (C=O) groups is 2. The number of nitrogens with one attached hydrogen (secondary N) is 1. The smallest absolute Gasteiger partial charge is 0.264 e. The minimum Gasteiger partial charge on any atom is -0.354 e. The molecule has 0 aliphatic carbocycles. The van der Waals surface area contributed by atoms with Crippen LogP contribution in [-0.2, 0) is 26.2 Å². The molecule has 0 bridgehead atoms. The van der Waals surface area contributed by atoms with Gasteiger partial charge >= 0.3 is 0 Å². The van der Waals surface area contributed by atoms with E-state index in [-0.39, 0.29) is 33.1 Å². The molecule has 3 rings (SSSR count). The highest BCUT2D eigenvalue weighted by Crippen LogP contribution is 2.35. The van der Waals surface area contributed by atoms with Crippen LogP contribution >= 0.6 is 23.2 Å². The maximum Gasteiger partial charge on any atom is 0.264 e. The number of hydrogen-bond acceptors (Lipinski definition) is 4. The maximum absolute atomic E-state index is 14.1. The summed E-state index contributed by atoms with van der Waals surface area (Å²) in [6, 6.07) is 19.2. The fraction of sp³-hybridized carbons (Fsp3) is 0.310. The molecule has 0 aliphatic rings. The molecule has 1 atom stereocenters. The molecule has 0 radical (unpaired) electrons. The summed E-state index contributed by atoms with van der Waals surface area (Å²) in [4.78, 5) is 28.6. The van der Waals surface area contributed by atoms with E-state index in [2.05, 4.69) is 5.32 Å². The molecule has 0 saturated heterocycles. The first-order chi connectivity index (χ1) is 18.6. The van der Waals surface area contributed by atoms with Crippen LogP contribution in [0.4, 0.5) is 5.69 Å². The number of amides is 2. The summed E-state index contributed by atoms with van der Waals surface area (Å²) in [7, 11) is -4.23. The van der Waals surface area contributed by atoms with Gasteiger partial charge in [-0.25, -0.2) is 8.42 Å². The Labute approximate surface area is 240 Å². The Morgan fingerprint density at radius 2 is 1.59 bits per heavy atom. The molecule has 10 heteroatoms. The van der Waals surface area contributed by atoms with Gasteiger partial charge in [0.2, 0.25) is 11.8 Å². The molecule has 0 saturated carbocycles. The highest BCUT2D eigenvalue weighted by molar-refractivity contribution is 7.92. The van der Waals surface area contributed by atoms with Crippen LogP contribution in [0.25, 0.3) is 0 Å². The second kappa shape index (κ2) is 13.8. The molecule has 0 aromatic heterocycles. The van der Waals surface area contributed by atoms with Crippen molar-refractivity contribution in [1.29, 1.82) is 0 Å². The predicted octanol–water partition coefficient (Wildman–Crippen LogP) is 5.83. The van der Waals surface area contributed by atoms with Crippen LogP contribution in [0.5, 0.6) is 0 Å². The second-order valence-electron chi connectivity index (χ2n) is 9.06. The molecular weight excluding hydrogens is 557 g/mol. The van der Waals surface area contributed by atoms with E-state index in [4.69, 9.17) is 23.2 Å². The van der Waals surface area contributed by atoms with E-state index in [1.165, 1.54) is 29.2 Å². The number of aryl methyl sites for hydroxylation is 1. The van der Waals surface area contributed by atoms with Crippen LogP contribution < -0.4 is 9.62 Å². The van der Waals surface area contributed by atoms with E-state index in [1.54, 1.807) is 24.3 Å². The molecule has 0 heterocycles. The zero-order chi connectivity index (χ0) is 28.6. The summed E-state index contributed by atoms with van der Waals surface area (Å²) in [6.45, 7) is 5.70. The number of carbonyl (C=O) groups excluding carboxylic acids is 2. The van der Waals surface area contributed by atoms with Gasteiger partial charge < -0.3 is 10.2 Å². The van der Waals surface area contributed by atoms with Crippen LogP contribution in [-0.4, -0.2) is 44.3 Å². The fourth-order valence-electron chi connectivity index (χ4n) is 4.17. The van der Waals surface area contributed by atoms with Crippen molar-refractivity contribution in [3.63, 3.8) is 0 Å².